The van der Waals surface area contributed by atoms with Gasteiger partial charge in [-0.05, 0) is 49.2 Å². The van der Waals surface area contributed by atoms with Gasteiger partial charge in [0.2, 0.25) is 0 Å². The number of nitrogens with zero attached hydrogens (tertiary/aromatic N) is 2. The highest BCUT2D eigenvalue weighted by Crippen LogP contribution is 2.21. The van der Waals surface area contributed by atoms with Crippen molar-refractivity contribution in [1.29, 1.82) is 0 Å². The number of benzene rings is 1. The summed E-state index contributed by atoms with van der Waals surface area (Å²) in [6.07, 6.45) is 2.91. The van der Waals surface area contributed by atoms with Gasteiger partial charge in [0.25, 0.3) is 11.8 Å². The summed E-state index contributed by atoms with van der Waals surface area (Å²) >= 11 is 0. The van der Waals surface area contributed by atoms with Crippen molar-refractivity contribution in [3.8, 4) is 0 Å². The second-order valence-corrected chi connectivity index (χ2v) is 6.23. The van der Waals surface area contributed by atoms with E-state index in [0.717, 1.165) is 16.8 Å². The minimum atomic E-state index is -0.246. The van der Waals surface area contributed by atoms with Crippen molar-refractivity contribution < 1.29 is 14.3 Å². The second kappa shape index (κ2) is 7.44. The lowest BCUT2D eigenvalue weighted by Crippen LogP contribution is -2.50. The average Bonchev–Trinajstić information content (AvgIpc) is 2.60. The highest BCUT2D eigenvalue weighted by Gasteiger charge is 2.28. The van der Waals surface area contributed by atoms with Crippen LogP contribution < -0.4 is 10.2 Å². The summed E-state index contributed by atoms with van der Waals surface area (Å²) in [6, 6.07) is 9.36. The molecule has 6 heteroatoms. The summed E-state index contributed by atoms with van der Waals surface area (Å²) in [4.78, 5) is 30.0. The monoisotopic (exact) mass is 339 g/mol. The molecule has 25 heavy (non-hydrogen) atoms. The van der Waals surface area contributed by atoms with Gasteiger partial charge in [0, 0.05) is 30.2 Å². The Labute approximate surface area is 146 Å². The average molecular weight is 339 g/mol. The molecule has 2 heterocycles. The van der Waals surface area contributed by atoms with E-state index >= 15 is 0 Å². The first-order chi connectivity index (χ1) is 12.0. The van der Waals surface area contributed by atoms with E-state index < -0.39 is 0 Å². The summed E-state index contributed by atoms with van der Waals surface area (Å²) in [5.41, 5.74) is 3.64. The highest BCUT2D eigenvalue weighted by molar-refractivity contribution is 5.95. The fourth-order valence-electron chi connectivity index (χ4n) is 2.92. The van der Waals surface area contributed by atoms with Crippen molar-refractivity contribution in [3.63, 3.8) is 0 Å². The third-order valence-corrected chi connectivity index (χ3v) is 4.08. The van der Waals surface area contributed by atoms with Gasteiger partial charge >= 0.3 is 0 Å². The number of rotatable bonds is 4. The number of ether oxygens (including phenoxy) is 1. The molecule has 1 fully saturated rings. The number of morpholine rings is 1. The van der Waals surface area contributed by atoms with Crippen LogP contribution >= 0.6 is 0 Å². The first-order valence-corrected chi connectivity index (χ1v) is 8.21. The molecule has 6 nitrogen and oxygen atoms in total. The zero-order valence-corrected chi connectivity index (χ0v) is 14.4. The Morgan fingerprint density at radius 1 is 1.24 bits per heavy atom. The Kier molecular flexibility index (Phi) is 5.09. The number of pyridine rings is 1. The fourth-order valence-corrected chi connectivity index (χ4v) is 2.92. The molecular weight excluding hydrogens is 318 g/mol. The largest absolute Gasteiger partial charge is 0.365 e. The Bertz CT molecular complexity index is 756. The van der Waals surface area contributed by atoms with E-state index in [1.165, 1.54) is 0 Å². The van der Waals surface area contributed by atoms with E-state index in [1.807, 2.05) is 26.0 Å². The molecule has 1 aromatic heterocycles. The maximum absolute atomic E-state index is 12.2. The second-order valence-electron chi connectivity index (χ2n) is 6.23. The van der Waals surface area contributed by atoms with Crippen molar-refractivity contribution in [1.82, 2.24) is 10.3 Å². The normalized spacial score (nSPS) is 17.4. The van der Waals surface area contributed by atoms with Crippen LogP contribution in [0.5, 0.6) is 0 Å². The molecule has 3 rings (SSSR count). The molecule has 1 N–H and O–H groups in total. The van der Waals surface area contributed by atoms with Gasteiger partial charge in [-0.1, -0.05) is 6.07 Å². The van der Waals surface area contributed by atoms with Gasteiger partial charge in [0.05, 0.1) is 12.6 Å². The Morgan fingerprint density at radius 2 is 1.92 bits per heavy atom. The molecule has 0 bridgehead atoms. The van der Waals surface area contributed by atoms with Crippen LogP contribution in [-0.2, 0) is 9.53 Å². The van der Waals surface area contributed by atoms with Crippen molar-refractivity contribution >= 4 is 17.5 Å². The van der Waals surface area contributed by atoms with Crippen LogP contribution in [0.4, 0.5) is 5.69 Å². The predicted octanol–water partition coefficient (Wildman–Crippen LogP) is 1.86. The molecule has 1 aliphatic heterocycles. The lowest BCUT2D eigenvalue weighted by atomic mass is 10.1. The van der Waals surface area contributed by atoms with Crippen LogP contribution in [-0.4, -0.2) is 42.6 Å². The molecule has 0 saturated carbocycles. The maximum Gasteiger partial charge on any atom is 0.253 e. The van der Waals surface area contributed by atoms with Crippen LogP contribution in [0.1, 0.15) is 21.5 Å². The number of carbonyl (C=O) groups excluding carboxylic acids is 2. The quantitative estimate of drug-likeness (QED) is 0.923. The molecule has 1 saturated heterocycles. The number of aromatic nitrogens is 1. The highest BCUT2D eigenvalue weighted by atomic mass is 16.5. The number of hydrogen-bond donors (Lipinski definition) is 1. The van der Waals surface area contributed by atoms with Gasteiger partial charge in [-0.2, -0.15) is 0 Å². The lowest BCUT2D eigenvalue weighted by Gasteiger charge is -2.33. The molecule has 1 aliphatic rings. The molecule has 1 unspecified atom stereocenters. The van der Waals surface area contributed by atoms with Gasteiger partial charge in [0.1, 0.15) is 6.61 Å². The van der Waals surface area contributed by atoms with Crippen molar-refractivity contribution in [2.24, 2.45) is 0 Å². The smallest absolute Gasteiger partial charge is 0.253 e. The van der Waals surface area contributed by atoms with Gasteiger partial charge in [-0.25, -0.2) is 0 Å². The van der Waals surface area contributed by atoms with Crippen molar-refractivity contribution in [3.05, 3.63) is 59.4 Å². The summed E-state index contributed by atoms with van der Waals surface area (Å²) in [6.45, 7) is 4.79. The topological polar surface area (TPSA) is 71.5 Å². The SMILES string of the molecule is Cc1cc(C)cc(N2CC(CNC(=O)c3ccncc3)OCC2=O)c1. The van der Waals surface area contributed by atoms with E-state index in [4.69, 9.17) is 4.74 Å². The van der Waals surface area contributed by atoms with E-state index in [9.17, 15) is 9.59 Å². The van der Waals surface area contributed by atoms with Crippen LogP contribution in [0.3, 0.4) is 0 Å². The first-order valence-electron chi connectivity index (χ1n) is 8.21. The van der Waals surface area contributed by atoms with Crippen molar-refractivity contribution in [2.45, 2.75) is 20.0 Å². The zero-order valence-electron chi connectivity index (χ0n) is 14.4. The minimum Gasteiger partial charge on any atom is -0.365 e. The Balaban J connectivity index is 1.64. The maximum atomic E-state index is 12.2. The van der Waals surface area contributed by atoms with Crippen LogP contribution in [0.15, 0.2) is 42.7 Å². The number of carbonyl (C=O) groups is 2. The number of aryl methyl sites for hydroxylation is 2. The van der Waals surface area contributed by atoms with E-state index in [-0.39, 0.29) is 24.5 Å². The molecule has 0 spiro atoms. The van der Waals surface area contributed by atoms with E-state index in [2.05, 4.69) is 16.4 Å². The molecule has 0 aliphatic carbocycles. The lowest BCUT2D eigenvalue weighted by molar-refractivity contribution is -0.129. The van der Waals surface area contributed by atoms with E-state index in [0.29, 0.717) is 18.7 Å². The van der Waals surface area contributed by atoms with Gasteiger partial charge in [0.15, 0.2) is 0 Å². The van der Waals surface area contributed by atoms with Gasteiger partial charge in [-0.3, -0.25) is 14.6 Å². The van der Waals surface area contributed by atoms with Crippen LogP contribution in [0, 0.1) is 13.8 Å². The number of anilines is 1. The molecule has 130 valence electrons. The molecule has 2 aromatic rings. The number of amides is 2. The number of hydrogen-bond acceptors (Lipinski definition) is 4. The predicted molar refractivity (Wildman–Crippen MR) is 94.6 cm³/mol. The summed E-state index contributed by atoms with van der Waals surface area (Å²) in [7, 11) is 0. The third kappa shape index (κ3) is 4.22. The summed E-state index contributed by atoms with van der Waals surface area (Å²) < 4.78 is 5.57. The Hall–Kier alpha value is -2.73. The fraction of sp³-hybridized carbons (Fsp3) is 0.316. The Morgan fingerprint density at radius 3 is 2.60 bits per heavy atom. The van der Waals surface area contributed by atoms with Crippen LogP contribution in [0.25, 0.3) is 0 Å². The molecule has 0 radical (unpaired) electrons. The molecule has 1 atom stereocenters. The van der Waals surface area contributed by atoms with Crippen molar-refractivity contribution in [2.75, 3.05) is 24.6 Å². The zero-order chi connectivity index (χ0) is 17.8. The summed E-state index contributed by atoms with van der Waals surface area (Å²) in [5.74, 6) is -0.248. The standard InChI is InChI=1S/C19H21N3O3/c1-13-7-14(2)9-16(8-13)22-11-17(25-12-18(22)23)10-21-19(24)15-3-5-20-6-4-15/h3-9,17H,10-12H2,1-2H3,(H,21,24). The van der Waals surface area contributed by atoms with E-state index in [1.54, 1.807) is 29.4 Å². The first kappa shape index (κ1) is 17.1. The molecular formula is C19H21N3O3. The molecule has 1 aromatic carbocycles. The summed E-state index contributed by atoms with van der Waals surface area (Å²) in [5, 5.41) is 2.85. The number of nitrogens with one attached hydrogen (secondary N) is 1. The molecule has 2 amide bonds. The third-order valence-electron chi connectivity index (χ3n) is 4.08. The van der Waals surface area contributed by atoms with Gasteiger partial charge in [-0.15, -0.1) is 0 Å². The van der Waals surface area contributed by atoms with Crippen LogP contribution in [0.2, 0.25) is 0 Å². The van der Waals surface area contributed by atoms with Gasteiger partial charge < -0.3 is 15.0 Å². The minimum absolute atomic E-state index is 0.0167.